The van der Waals surface area contributed by atoms with Crippen molar-refractivity contribution in [1.82, 2.24) is 25.1 Å². The second kappa shape index (κ2) is 14.4. The van der Waals surface area contributed by atoms with Gasteiger partial charge in [-0.2, -0.15) is 0 Å². The molecule has 172 valence electrons. The van der Waals surface area contributed by atoms with Crippen molar-refractivity contribution in [2.24, 2.45) is 4.99 Å². The average molecular weight is 540 g/mol. The Hall–Kier alpha value is -1.65. The lowest BCUT2D eigenvalue weighted by Crippen LogP contribution is -2.48. The van der Waals surface area contributed by atoms with Crippen molar-refractivity contribution in [3.8, 4) is 0 Å². The summed E-state index contributed by atoms with van der Waals surface area (Å²) in [5.41, 5.74) is 1.27. The summed E-state index contributed by atoms with van der Waals surface area (Å²) in [6, 6.07) is 10.9. The Balaban J connectivity index is 0.00000341. The Morgan fingerprint density at radius 3 is 2.71 bits per heavy atom. The average Bonchev–Trinajstić information content (AvgIpc) is 3.21. The van der Waals surface area contributed by atoms with Crippen LogP contribution in [0.25, 0.3) is 0 Å². The molecular formula is C23H37IN6O. The van der Waals surface area contributed by atoms with Gasteiger partial charge in [0.2, 0.25) is 0 Å². The first kappa shape index (κ1) is 25.6. The second-order valence-corrected chi connectivity index (χ2v) is 7.76. The number of likely N-dealkylation sites (tertiary alicyclic amines) is 1. The fourth-order valence-corrected chi connectivity index (χ4v) is 3.81. The van der Waals surface area contributed by atoms with Gasteiger partial charge in [-0.1, -0.05) is 30.3 Å². The molecule has 2 N–H and O–H groups in total. The number of nitrogens with one attached hydrogen (secondary N) is 2. The van der Waals surface area contributed by atoms with Gasteiger partial charge in [-0.25, -0.2) is 9.98 Å². The van der Waals surface area contributed by atoms with Crippen LogP contribution in [-0.4, -0.2) is 66.3 Å². The molecule has 1 aromatic carbocycles. The number of halogens is 1. The molecule has 0 radical (unpaired) electrons. The minimum absolute atomic E-state index is 0. The van der Waals surface area contributed by atoms with E-state index in [9.17, 15) is 0 Å². The number of piperidine rings is 1. The first-order valence-electron chi connectivity index (χ1n) is 11.1. The highest BCUT2D eigenvalue weighted by Gasteiger charge is 2.19. The smallest absolute Gasteiger partial charge is 0.191 e. The van der Waals surface area contributed by atoms with Gasteiger partial charge in [0.05, 0.1) is 0 Å². The number of aliphatic imine (C=N–C) groups is 1. The van der Waals surface area contributed by atoms with Crippen molar-refractivity contribution in [2.75, 3.05) is 39.9 Å². The maximum Gasteiger partial charge on any atom is 0.191 e. The number of imidazole rings is 1. The lowest BCUT2D eigenvalue weighted by atomic mass is 10.1. The molecule has 3 rings (SSSR count). The molecule has 0 bridgehead atoms. The van der Waals surface area contributed by atoms with E-state index in [1.165, 1.54) is 5.56 Å². The van der Waals surface area contributed by atoms with Gasteiger partial charge in [0, 0.05) is 64.9 Å². The number of methoxy groups -OCH3 is 1. The van der Waals surface area contributed by atoms with Crippen molar-refractivity contribution >= 4 is 29.9 Å². The van der Waals surface area contributed by atoms with Crippen LogP contribution in [0.4, 0.5) is 0 Å². The van der Waals surface area contributed by atoms with Gasteiger partial charge in [0.15, 0.2) is 5.96 Å². The number of ether oxygens (including phenoxy) is 1. The SMILES string of the molecule is CCNC(=NCc1nccn1Cc1ccccc1)NC1CCN(CCCOC)CC1.I. The van der Waals surface area contributed by atoms with E-state index in [0.717, 1.165) is 70.4 Å². The lowest BCUT2D eigenvalue weighted by Gasteiger charge is -2.33. The highest BCUT2D eigenvalue weighted by Crippen LogP contribution is 2.11. The molecule has 8 heteroatoms. The summed E-state index contributed by atoms with van der Waals surface area (Å²) in [7, 11) is 1.77. The van der Waals surface area contributed by atoms with Crippen LogP contribution in [0.1, 0.15) is 37.6 Å². The van der Waals surface area contributed by atoms with Crippen LogP contribution in [0.15, 0.2) is 47.7 Å². The lowest BCUT2D eigenvalue weighted by molar-refractivity contribution is 0.155. The third-order valence-electron chi connectivity index (χ3n) is 5.47. The molecule has 2 aromatic rings. The van der Waals surface area contributed by atoms with E-state index >= 15 is 0 Å². The van der Waals surface area contributed by atoms with Crippen LogP contribution in [0.5, 0.6) is 0 Å². The fourth-order valence-electron chi connectivity index (χ4n) is 3.81. The molecule has 0 aliphatic carbocycles. The summed E-state index contributed by atoms with van der Waals surface area (Å²) in [4.78, 5) is 11.9. The molecule has 1 saturated heterocycles. The van der Waals surface area contributed by atoms with E-state index < -0.39 is 0 Å². The summed E-state index contributed by atoms with van der Waals surface area (Å²) >= 11 is 0. The summed E-state index contributed by atoms with van der Waals surface area (Å²) in [5, 5.41) is 7.01. The third kappa shape index (κ3) is 8.78. The zero-order valence-electron chi connectivity index (χ0n) is 18.8. The summed E-state index contributed by atoms with van der Waals surface area (Å²) in [6.45, 7) is 8.55. The quantitative estimate of drug-likeness (QED) is 0.210. The Labute approximate surface area is 203 Å². The van der Waals surface area contributed by atoms with Gasteiger partial charge in [0.25, 0.3) is 0 Å². The van der Waals surface area contributed by atoms with E-state index in [2.05, 4.69) is 56.3 Å². The highest BCUT2D eigenvalue weighted by atomic mass is 127. The van der Waals surface area contributed by atoms with Crippen molar-refractivity contribution < 1.29 is 4.74 Å². The molecule has 1 aliphatic rings. The zero-order chi connectivity index (χ0) is 21.0. The predicted molar refractivity (Wildman–Crippen MR) is 137 cm³/mol. The Bertz CT molecular complexity index is 758. The number of aromatic nitrogens is 2. The molecule has 1 aliphatic heterocycles. The molecule has 1 fully saturated rings. The largest absolute Gasteiger partial charge is 0.385 e. The molecule has 2 heterocycles. The first-order valence-corrected chi connectivity index (χ1v) is 11.1. The van der Waals surface area contributed by atoms with E-state index in [4.69, 9.17) is 9.73 Å². The summed E-state index contributed by atoms with van der Waals surface area (Å²) in [6.07, 6.45) is 7.26. The van der Waals surface area contributed by atoms with Crippen molar-refractivity contribution in [3.63, 3.8) is 0 Å². The minimum atomic E-state index is 0. The number of guanidine groups is 1. The molecule has 7 nitrogen and oxygen atoms in total. The van der Waals surface area contributed by atoms with Gasteiger partial charge in [0.1, 0.15) is 12.4 Å². The molecule has 0 atom stereocenters. The zero-order valence-corrected chi connectivity index (χ0v) is 21.1. The number of nitrogens with zero attached hydrogens (tertiary/aromatic N) is 4. The molecule has 0 spiro atoms. The Kier molecular flexibility index (Phi) is 11.9. The van der Waals surface area contributed by atoms with Crippen molar-refractivity contribution in [3.05, 3.63) is 54.1 Å². The van der Waals surface area contributed by atoms with Crippen LogP contribution < -0.4 is 10.6 Å². The molecule has 0 amide bonds. The van der Waals surface area contributed by atoms with E-state index in [1.54, 1.807) is 7.11 Å². The molecule has 0 saturated carbocycles. The van der Waals surface area contributed by atoms with Crippen LogP contribution >= 0.6 is 24.0 Å². The topological polar surface area (TPSA) is 66.7 Å². The van der Waals surface area contributed by atoms with Crippen LogP contribution in [0.3, 0.4) is 0 Å². The maximum atomic E-state index is 5.16. The van der Waals surface area contributed by atoms with Gasteiger partial charge in [-0.15, -0.1) is 24.0 Å². The second-order valence-electron chi connectivity index (χ2n) is 7.76. The molecule has 31 heavy (non-hydrogen) atoms. The minimum Gasteiger partial charge on any atom is -0.385 e. The van der Waals surface area contributed by atoms with Crippen LogP contribution in [-0.2, 0) is 17.8 Å². The monoisotopic (exact) mass is 540 g/mol. The number of rotatable bonds is 10. The van der Waals surface area contributed by atoms with E-state index in [1.807, 2.05) is 18.5 Å². The fraction of sp³-hybridized carbons (Fsp3) is 0.565. The number of hydrogen-bond acceptors (Lipinski definition) is 4. The normalized spacial score (nSPS) is 15.5. The standard InChI is InChI=1S/C23H36N6O.HI/c1-3-24-23(27-21-10-14-28(15-11-21)13-7-17-30-2)26-18-22-25-12-16-29(22)19-20-8-5-4-6-9-20;/h4-6,8-9,12,16,21H,3,7,10-11,13-15,17-19H2,1-2H3,(H2,24,26,27);1H. The van der Waals surface area contributed by atoms with Gasteiger partial charge in [-0.3, -0.25) is 0 Å². The van der Waals surface area contributed by atoms with Crippen LogP contribution in [0, 0.1) is 0 Å². The first-order chi connectivity index (χ1) is 14.8. The highest BCUT2D eigenvalue weighted by molar-refractivity contribution is 14.0. The van der Waals surface area contributed by atoms with Crippen molar-refractivity contribution in [1.29, 1.82) is 0 Å². The number of hydrogen-bond donors (Lipinski definition) is 2. The van der Waals surface area contributed by atoms with Crippen molar-refractivity contribution in [2.45, 2.75) is 45.3 Å². The Morgan fingerprint density at radius 1 is 1.23 bits per heavy atom. The van der Waals surface area contributed by atoms with Gasteiger partial charge < -0.3 is 24.8 Å². The van der Waals surface area contributed by atoms with Gasteiger partial charge >= 0.3 is 0 Å². The summed E-state index contributed by atoms with van der Waals surface area (Å²) < 4.78 is 7.33. The number of benzene rings is 1. The van der Waals surface area contributed by atoms with Gasteiger partial charge in [-0.05, 0) is 31.7 Å². The Morgan fingerprint density at radius 2 is 2.00 bits per heavy atom. The molecular weight excluding hydrogens is 503 g/mol. The van der Waals surface area contributed by atoms with E-state index in [0.29, 0.717) is 12.6 Å². The maximum absolute atomic E-state index is 5.16. The predicted octanol–water partition coefficient (Wildman–Crippen LogP) is 3.11. The molecule has 1 aromatic heterocycles. The summed E-state index contributed by atoms with van der Waals surface area (Å²) in [5.74, 6) is 1.86. The molecule has 0 unspecified atom stereocenters. The van der Waals surface area contributed by atoms with E-state index in [-0.39, 0.29) is 24.0 Å². The van der Waals surface area contributed by atoms with Crippen LogP contribution in [0.2, 0.25) is 0 Å². The third-order valence-corrected chi connectivity index (χ3v) is 5.47.